The zero-order chi connectivity index (χ0) is 25.0. The largest absolute Gasteiger partial charge is 0.459 e. The van der Waals surface area contributed by atoms with Crippen LogP contribution < -0.4 is 5.32 Å². The Morgan fingerprint density at radius 2 is 1.09 bits per heavy atom. The van der Waals surface area contributed by atoms with E-state index in [4.69, 9.17) is 28.4 Å². The van der Waals surface area contributed by atoms with Crippen LogP contribution in [-0.2, 0) is 42.8 Å². The third-order valence-electron chi connectivity index (χ3n) is 3.91. The van der Waals surface area contributed by atoms with Crippen LogP contribution in [0.2, 0.25) is 0 Å². The highest BCUT2D eigenvalue weighted by molar-refractivity contribution is 5.85. The Labute approximate surface area is 197 Å². The first-order valence-electron chi connectivity index (χ1n) is 11.5. The summed E-state index contributed by atoms with van der Waals surface area (Å²) in [5.74, 6) is -0.411. The van der Waals surface area contributed by atoms with Gasteiger partial charge in [0.15, 0.2) is 0 Å². The number of nitrogens with one attached hydrogen (secondary N) is 1. The van der Waals surface area contributed by atoms with Gasteiger partial charge in [-0.2, -0.15) is 0 Å². The minimum absolute atomic E-state index is 0.0813. The summed E-state index contributed by atoms with van der Waals surface area (Å²) < 4.78 is 32.2. The third kappa shape index (κ3) is 23.5. The lowest BCUT2D eigenvalue weighted by atomic mass is 10.1. The van der Waals surface area contributed by atoms with Gasteiger partial charge in [0.1, 0.15) is 23.2 Å². The van der Waals surface area contributed by atoms with Gasteiger partial charge >= 0.3 is 5.97 Å². The molecule has 0 saturated heterocycles. The molecule has 0 aromatic rings. The predicted octanol–water partition coefficient (Wildman–Crippen LogP) is 1.33. The van der Waals surface area contributed by atoms with Gasteiger partial charge in [-0.15, -0.1) is 0 Å². The average Bonchev–Trinajstić information content (AvgIpc) is 2.70. The number of hydrogen-bond donors (Lipinski definition) is 1. The molecular formula is C23H43NO9. The van der Waals surface area contributed by atoms with Crippen molar-refractivity contribution in [1.29, 1.82) is 0 Å². The van der Waals surface area contributed by atoms with Gasteiger partial charge in [-0.3, -0.25) is 14.4 Å². The first-order valence-corrected chi connectivity index (χ1v) is 11.5. The molecule has 0 aliphatic heterocycles. The van der Waals surface area contributed by atoms with E-state index in [2.05, 4.69) is 5.32 Å². The van der Waals surface area contributed by atoms with Crippen LogP contribution in [0.3, 0.4) is 0 Å². The maximum Gasteiger partial charge on any atom is 0.324 e. The van der Waals surface area contributed by atoms with Crippen LogP contribution in [0.4, 0.5) is 0 Å². The lowest BCUT2D eigenvalue weighted by molar-refractivity contribution is -0.158. The Hall–Kier alpha value is -1.43. The Balaban J connectivity index is 3.52. The van der Waals surface area contributed by atoms with E-state index in [-0.39, 0.29) is 18.0 Å². The van der Waals surface area contributed by atoms with E-state index in [9.17, 15) is 14.4 Å². The Morgan fingerprint density at radius 1 is 0.667 bits per heavy atom. The van der Waals surface area contributed by atoms with Crippen LogP contribution in [0, 0.1) is 0 Å². The fourth-order valence-corrected chi connectivity index (χ4v) is 2.40. The lowest BCUT2D eigenvalue weighted by Gasteiger charge is -2.24. The summed E-state index contributed by atoms with van der Waals surface area (Å²) in [6, 6.07) is -0.679. The predicted molar refractivity (Wildman–Crippen MR) is 122 cm³/mol. The van der Waals surface area contributed by atoms with Crippen LogP contribution in [-0.4, -0.2) is 102 Å². The van der Waals surface area contributed by atoms with Crippen LogP contribution in [0.15, 0.2) is 0 Å². The summed E-state index contributed by atoms with van der Waals surface area (Å²) in [5.41, 5.74) is -0.606. The fourth-order valence-electron chi connectivity index (χ4n) is 2.40. The number of ether oxygens (including phenoxy) is 6. The number of carbonyl (C=O) groups excluding carboxylic acids is 3. The number of hydrogen-bond acceptors (Lipinski definition) is 10. The van der Waals surface area contributed by atoms with Gasteiger partial charge in [0, 0.05) is 19.4 Å². The molecule has 1 atom stereocenters. The van der Waals surface area contributed by atoms with E-state index in [1.165, 1.54) is 13.8 Å². The molecule has 194 valence electrons. The molecule has 1 N–H and O–H groups in total. The molecule has 0 aromatic carbocycles. The first kappa shape index (κ1) is 31.6. The molecule has 0 bridgehead atoms. The van der Waals surface area contributed by atoms with Gasteiger partial charge < -0.3 is 33.7 Å². The van der Waals surface area contributed by atoms with Crippen molar-refractivity contribution in [2.24, 2.45) is 0 Å². The van der Waals surface area contributed by atoms with Crippen LogP contribution in [0.1, 0.15) is 47.5 Å². The SMILES string of the molecule is CC(=O)CCOCCOCCOCCOCCOCCNC(CC(C)=O)C(=O)OC(C)(C)C. The zero-order valence-corrected chi connectivity index (χ0v) is 20.9. The van der Waals surface area contributed by atoms with Gasteiger partial charge in [0.05, 0.1) is 66.1 Å². The van der Waals surface area contributed by atoms with E-state index >= 15 is 0 Å². The molecule has 0 saturated carbocycles. The summed E-state index contributed by atoms with van der Waals surface area (Å²) >= 11 is 0. The van der Waals surface area contributed by atoms with Crippen molar-refractivity contribution in [3.05, 3.63) is 0 Å². The minimum Gasteiger partial charge on any atom is -0.459 e. The molecule has 33 heavy (non-hydrogen) atoms. The molecule has 0 amide bonds. The molecule has 10 nitrogen and oxygen atoms in total. The number of rotatable bonds is 22. The fraction of sp³-hybridized carbons (Fsp3) is 0.870. The number of esters is 1. The van der Waals surface area contributed by atoms with Crippen molar-refractivity contribution >= 4 is 17.5 Å². The van der Waals surface area contributed by atoms with Gasteiger partial charge in [0.25, 0.3) is 0 Å². The minimum atomic E-state index is -0.679. The smallest absolute Gasteiger partial charge is 0.324 e. The monoisotopic (exact) mass is 477 g/mol. The Morgan fingerprint density at radius 3 is 1.48 bits per heavy atom. The van der Waals surface area contributed by atoms with Crippen molar-refractivity contribution in [1.82, 2.24) is 5.32 Å². The molecule has 0 rings (SSSR count). The molecule has 1 unspecified atom stereocenters. The Bertz CT molecular complexity index is 535. The topological polar surface area (TPSA) is 119 Å². The van der Waals surface area contributed by atoms with Gasteiger partial charge in [0.2, 0.25) is 0 Å². The van der Waals surface area contributed by atoms with Gasteiger partial charge in [-0.25, -0.2) is 0 Å². The van der Waals surface area contributed by atoms with Crippen LogP contribution >= 0.6 is 0 Å². The molecule has 0 aliphatic carbocycles. The normalized spacial score (nSPS) is 12.5. The summed E-state index contributed by atoms with van der Waals surface area (Å²) in [6.07, 6.45) is 0.513. The first-order chi connectivity index (χ1) is 15.6. The van der Waals surface area contributed by atoms with E-state index < -0.39 is 17.6 Å². The lowest BCUT2D eigenvalue weighted by Crippen LogP contribution is -2.43. The molecule has 0 aliphatic rings. The van der Waals surface area contributed by atoms with Crippen molar-refractivity contribution in [2.45, 2.75) is 59.1 Å². The molecular weight excluding hydrogens is 434 g/mol. The highest BCUT2D eigenvalue weighted by atomic mass is 16.6. The van der Waals surface area contributed by atoms with Crippen molar-refractivity contribution in [2.75, 3.05) is 72.6 Å². The maximum absolute atomic E-state index is 12.2. The quantitative estimate of drug-likeness (QED) is 0.181. The zero-order valence-electron chi connectivity index (χ0n) is 20.9. The van der Waals surface area contributed by atoms with Crippen LogP contribution in [0.5, 0.6) is 0 Å². The van der Waals surface area contributed by atoms with Gasteiger partial charge in [-0.05, 0) is 34.6 Å². The van der Waals surface area contributed by atoms with Crippen molar-refractivity contribution < 1.29 is 42.8 Å². The maximum atomic E-state index is 12.2. The second-order valence-corrected chi connectivity index (χ2v) is 8.46. The molecule has 10 heteroatoms. The average molecular weight is 478 g/mol. The third-order valence-corrected chi connectivity index (χ3v) is 3.91. The number of ketones is 2. The van der Waals surface area contributed by atoms with E-state index in [0.29, 0.717) is 79.0 Å². The molecule has 0 aromatic heterocycles. The highest BCUT2D eigenvalue weighted by Gasteiger charge is 2.25. The Kier molecular flexibility index (Phi) is 19.1. The summed E-state index contributed by atoms with van der Waals surface area (Å²) in [4.78, 5) is 34.3. The molecule has 0 spiro atoms. The molecule has 0 heterocycles. The second kappa shape index (κ2) is 20.0. The van der Waals surface area contributed by atoms with E-state index in [1.807, 2.05) is 0 Å². The molecule has 0 fully saturated rings. The van der Waals surface area contributed by atoms with E-state index in [1.54, 1.807) is 20.8 Å². The van der Waals surface area contributed by atoms with Crippen molar-refractivity contribution in [3.8, 4) is 0 Å². The van der Waals surface area contributed by atoms with Crippen LogP contribution in [0.25, 0.3) is 0 Å². The van der Waals surface area contributed by atoms with Gasteiger partial charge in [-0.1, -0.05) is 0 Å². The van der Waals surface area contributed by atoms with Crippen molar-refractivity contribution in [3.63, 3.8) is 0 Å². The highest BCUT2D eigenvalue weighted by Crippen LogP contribution is 2.10. The number of carbonyl (C=O) groups is 3. The van der Waals surface area contributed by atoms with E-state index in [0.717, 1.165) is 0 Å². The summed E-state index contributed by atoms with van der Waals surface area (Å²) in [5, 5.41) is 3.01. The summed E-state index contributed by atoms with van der Waals surface area (Å²) in [7, 11) is 0. The second-order valence-electron chi connectivity index (χ2n) is 8.46. The summed E-state index contributed by atoms with van der Waals surface area (Å²) in [6.45, 7) is 13.2. The molecule has 0 radical (unpaired) electrons. The standard InChI is InChI=1S/C23H43NO9/c1-19(25)6-8-28-10-12-30-14-16-32-17-15-31-13-11-29-9-7-24-21(18-20(2)26)22(27)33-23(3,4)5/h21,24H,6-18H2,1-5H3. The number of Topliss-reactive ketones (excluding diaryl/α,β-unsaturated/α-hetero) is 2.